The number of benzene rings is 1. The summed E-state index contributed by atoms with van der Waals surface area (Å²) < 4.78 is 8.55. The van der Waals surface area contributed by atoms with E-state index in [0.29, 0.717) is 22.3 Å². The third kappa shape index (κ3) is 4.27. The van der Waals surface area contributed by atoms with Crippen LogP contribution in [-0.4, -0.2) is 47.8 Å². The van der Waals surface area contributed by atoms with Gasteiger partial charge in [0, 0.05) is 12.1 Å². The number of nitrogens with zero attached hydrogens (tertiary/aromatic N) is 3. The Kier molecular flexibility index (Phi) is 5.48. The second-order valence-corrected chi connectivity index (χ2v) is 15.8. The standard InChI is InChI=1S/C25H29N3O2SSi/c1-27-18-5-6-19(27)14-21(13-18)30-20-9-7-17(8-10-20)28-16-26-23-15-22(11-12-32(2,3)4)31-24(23)25(28)29/h7-10,15-16,18-19,21H,5-6,13-14H2,1-4H3/t18-,19+,21+. The number of hydrogen-bond acceptors (Lipinski definition) is 5. The van der Waals surface area contributed by atoms with Crippen LogP contribution in [0.1, 0.15) is 30.6 Å². The molecule has 5 nitrogen and oxygen atoms in total. The zero-order chi connectivity index (χ0) is 22.5. The van der Waals surface area contributed by atoms with Crippen molar-refractivity contribution >= 4 is 29.6 Å². The van der Waals surface area contributed by atoms with Crippen molar-refractivity contribution in [3.63, 3.8) is 0 Å². The van der Waals surface area contributed by atoms with Gasteiger partial charge in [0.15, 0.2) is 0 Å². The summed E-state index contributed by atoms with van der Waals surface area (Å²) in [7, 11) is 0.773. The van der Waals surface area contributed by atoms with Crippen molar-refractivity contribution in [3.8, 4) is 22.9 Å². The van der Waals surface area contributed by atoms with Gasteiger partial charge in [0.05, 0.1) is 16.1 Å². The minimum atomic E-state index is -1.47. The first-order valence-corrected chi connectivity index (χ1v) is 15.6. The highest BCUT2D eigenvalue weighted by Crippen LogP contribution is 2.36. The van der Waals surface area contributed by atoms with Gasteiger partial charge in [-0.25, -0.2) is 4.98 Å². The molecule has 2 bridgehead atoms. The van der Waals surface area contributed by atoms with Crippen molar-refractivity contribution in [3.05, 3.63) is 51.9 Å². The van der Waals surface area contributed by atoms with E-state index >= 15 is 0 Å². The maximum absolute atomic E-state index is 13.1. The molecule has 1 aromatic carbocycles. The predicted octanol–water partition coefficient (Wildman–Crippen LogP) is 4.68. The molecule has 3 aromatic rings. The molecule has 5 rings (SSSR count). The third-order valence-corrected chi connectivity index (χ3v) is 8.37. The summed E-state index contributed by atoms with van der Waals surface area (Å²) in [6.07, 6.45) is 6.64. The fourth-order valence-corrected chi connectivity index (χ4v) is 6.24. The summed E-state index contributed by atoms with van der Waals surface area (Å²) in [5, 5.41) is 0. The summed E-state index contributed by atoms with van der Waals surface area (Å²) in [6, 6.07) is 11.0. The summed E-state index contributed by atoms with van der Waals surface area (Å²) in [5.41, 5.74) is 4.82. The Labute approximate surface area is 194 Å². The summed E-state index contributed by atoms with van der Waals surface area (Å²) in [5.74, 6) is 4.11. The summed E-state index contributed by atoms with van der Waals surface area (Å²) in [4.78, 5) is 21.0. The number of thiophene rings is 1. The molecule has 32 heavy (non-hydrogen) atoms. The van der Waals surface area contributed by atoms with Gasteiger partial charge in [-0.05, 0) is 63.1 Å². The van der Waals surface area contributed by atoms with E-state index in [1.807, 2.05) is 30.3 Å². The summed E-state index contributed by atoms with van der Waals surface area (Å²) >= 11 is 1.43. The van der Waals surface area contributed by atoms with Crippen molar-refractivity contribution in [2.45, 2.75) is 63.5 Å². The number of ether oxygens (including phenoxy) is 1. The quantitative estimate of drug-likeness (QED) is 0.418. The van der Waals surface area contributed by atoms with E-state index in [-0.39, 0.29) is 11.7 Å². The molecule has 0 aliphatic carbocycles. The molecular weight excluding hydrogens is 434 g/mol. The molecular formula is C25H29N3O2SSi. The number of piperidine rings is 1. The largest absolute Gasteiger partial charge is 0.490 e. The molecule has 7 heteroatoms. The maximum atomic E-state index is 13.1. The molecule has 2 aliphatic rings. The van der Waals surface area contributed by atoms with Crippen molar-refractivity contribution in [1.29, 1.82) is 0 Å². The van der Waals surface area contributed by atoms with Crippen molar-refractivity contribution in [2.24, 2.45) is 0 Å². The van der Waals surface area contributed by atoms with E-state index in [1.165, 1.54) is 24.2 Å². The van der Waals surface area contributed by atoms with Gasteiger partial charge in [0.1, 0.15) is 31.0 Å². The number of aromatic nitrogens is 2. The molecule has 3 atom stereocenters. The Morgan fingerprint density at radius 1 is 1.12 bits per heavy atom. The molecule has 2 saturated heterocycles. The highest BCUT2D eigenvalue weighted by Gasteiger charge is 2.39. The molecule has 2 aliphatic heterocycles. The molecule has 2 aromatic heterocycles. The Balaban J connectivity index is 1.35. The molecule has 0 N–H and O–H groups in total. The van der Waals surface area contributed by atoms with Gasteiger partial charge in [0.2, 0.25) is 0 Å². The SMILES string of the molecule is CN1[C@@H]2CC[C@H]1C[C@@H](Oc1ccc(-n3cnc4cc(C#C[Si](C)(C)C)sc4c3=O)cc1)C2. The lowest BCUT2D eigenvalue weighted by Gasteiger charge is -2.36. The zero-order valence-corrected chi connectivity index (χ0v) is 20.9. The van der Waals surface area contributed by atoms with Gasteiger partial charge >= 0.3 is 0 Å². The minimum absolute atomic E-state index is 0.0541. The van der Waals surface area contributed by atoms with Gasteiger partial charge in [-0.2, -0.15) is 0 Å². The highest BCUT2D eigenvalue weighted by molar-refractivity contribution is 7.19. The minimum Gasteiger partial charge on any atom is -0.490 e. The van der Waals surface area contributed by atoms with Crippen LogP contribution in [0, 0.1) is 11.5 Å². The summed E-state index contributed by atoms with van der Waals surface area (Å²) in [6.45, 7) is 6.63. The van der Waals surface area contributed by atoms with E-state index < -0.39 is 8.07 Å². The lowest BCUT2D eigenvalue weighted by atomic mass is 10.0. The van der Waals surface area contributed by atoms with Gasteiger partial charge in [-0.1, -0.05) is 25.6 Å². The van der Waals surface area contributed by atoms with Crippen LogP contribution in [0.15, 0.2) is 41.5 Å². The monoisotopic (exact) mass is 463 g/mol. The van der Waals surface area contributed by atoms with Gasteiger partial charge in [0.25, 0.3) is 5.56 Å². The van der Waals surface area contributed by atoms with Crippen LogP contribution in [0.5, 0.6) is 5.75 Å². The molecule has 0 spiro atoms. The molecule has 0 unspecified atom stereocenters. The maximum Gasteiger partial charge on any atom is 0.275 e. The Morgan fingerprint density at radius 2 is 1.81 bits per heavy atom. The second-order valence-electron chi connectivity index (χ2n) is 10.0. The molecule has 0 saturated carbocycles. The van der Waals surface area contributed by atoms with Crippen LogP contribution in [0.4, 0.5) is 0 Å². The van der Waals surface area contributed by atoms with Crippen LogP contribution >= 0.6 is 11.3 Å². The second kappa shape index (κ2) is 8.18. The average molecular weight is 464 g/mol. The van der Waals surface area contributed by atoms with Crippen molar-refractivity contribution in [1.82, 2.24) is 14.5 Å². The van der Waals surface area contributed by atoms with Crippen LogP contribution in [0.3, 0.4) is 0 Å². The fourth-order valence-electron chi connectivity index (χ4n) is 4.74. The first-order chi connectivity index (χ1) is 15.3. The average Bonchev–Trinajstić information content (AvgIpc) is 3.24. The zero-order valence-electron chi connectivity index (χ0n) is 19.1. The van der Waals surface area contributed by atoms with Crippen LogP contribution in [0.25, 0.3) is 15.9 Å². The van der Waals surface area contributed by atoms with E-state index in [2.05, 4.69) is 48.0 Å². The molecule has 2 fully saturated rings. The van der Waals surface area contributed by atoms with E-state index in [9.17, 15) is 4.79 Å². The lowest BCUT2D eigenvalue weighted by Crippen LogP contribution is -2.43. The van der Waals surface area contributed by atoms with Crippen LogP contribution < -0.4 is 10.3 Å². The van der Waals surface area contributed by atoms with Gasteiger partial charge in [-0.3, -0.25) is 9.36 Å². The molecule has 166 valence electrons. The van der Waals surface area contributed by atoms with E-state index in [0.717, 1.165) is 29.2 Å². The fraction of sp³-hybridized carbons (Fsp3) is 0.440. The first-order valence-electron chi connectivity index (χ1n) is 11.3. The number of rotatable bonds is 3. The van der Waals surface area contributed by atoms with Crippen molar-refractivity contribution < 1.29 is 4.74 Å². The van der Waals surface area contributed by atoms with Gasteiger partial charge in [-0.15, -0.1) is 16.9 Å². The Morgan fingerprint density at radius 3 is 2.47 bits per heavy atom. The Hall–Kier alpha value is -2.40. The molecule has 0 radical (unpaired) electrons. The molecule has 4 heterocycles. The smallest absolute Gasteiger partial charge is 0.275 e. The van der Waals surface area contributed by atoms with Crippen LogP contribution in [-0.2, 0) is 0 Å². The van der Waals surface area contributed by atoms with E-state index in [4.69, 9.17) is 4.74 Å². The normalized spacial score (nSPS) is 23.2. The van der Waals surface area contributed by atoms with Gasteiger partial charge < -0.3 is 9.64 Å². The Bertz CT molecular complexity index is 1250. The number of hydrogen-bond donors (Lipinski definition) is 0. The molecule has 0 amide bonds. The van der Waals surface area contributed by atoms with E-state index in [1.54, 1.807) is 10.9 Å². The number of fused-ring (bicyclic) bond motifs is 3. The van der Waals surface area contributed by atoms with Crippen molar-refractivity contribution in [2.75, 3.05) is 7.05 Å². The lowest BCUT2D eigenvalue weighted by molar-refractivity contribution is 0.0662. The highest BCUT2D eigenvalue weighted by atomic mass is 32.1. The third-order valence-electron chi connectivity index (χ3n) is 6.47. The predicted molar refractivity (Wildman–Crippen MR) is 134 cm³/mol. The first kappa shape index (κ1) is 21.4. The van der Waals surface area contributed by atoms with Crippen LogP contribution in [0.2, 0.25) is 19.6 Å². The topological polar surface area (TPSA) is 47.4 Å².